The molecule has 0 aliphatic rings. The van der Waals surface area contributed by atoms with Crippen molar-refractivity contribution < 1.29 is 14.4 Å². The van der Waals surface area contributed by atoms with Gasteiger partial charge in [0.25, 0.3) is 5.91 Å². The minimum absolute atomic E-state index is 0.148. The number of nitrogens with zero attached hydrogens (tertiary/aromatic N) is 1. The van der Waals surface area contributed by atoms with Crippen LogP contribution in [0.4, 0.5) is 11.4 Å². The first kappa shape index (κ1) is 24.0. The summed E-state index contributed by atoms with van der Waals surface area (Å²) in [5.74, 6) is -2.35. The first-order chi connectivity index (χ1) is 16.2. The van der Waals surface area contributed by atoms with Gasteiger partial charge in [-0.15, -0.1) is 0 Å². The molecule has 10 heteroatoms. The lowest BCUT2D eigenvalue weighted by atomic mass is 10.2. The molecule has 1 aromatic heterocycles. The maximum atomic E-state index is 13.2. The highest BCUT2D eigenvalue weighted by Crippen LogP contribution is 2.26. The molecule has 4 rings (SSSR count). The van der Waals surface area contributed by atoms with E-state index in [-0.39, 0.29) is 5.69 Å². The summed E-state index contributed by atoms with van der Waals surface area (Å²) in [5, 5.41) is 6.32. The smallest absolute Gasteiger partial charge is 0.320 e. The van der Waals surface area contributed by atoms with Crippen molar-refractivity contribution in [3.63, 3.8) is 0 Å². The van der Waals surface area contributed by atoms with E-state index in [1.54, 1.807) is 48.5 Å². The van der Waals surface area contributed by atoms with Crippen LogP contribution in [0.1, 0.15) is 16.1 Å². The average molecular weight is 605 g/mol. The van der Waals surface area contributed by atoms with Crippen LogP contribution in [-0.4, -0.2) is 22.4 Å². The zero-order chi connectivity index (χ0) is 24.4. The highest BCUT2D eigenvalue weighted by molar-refractivity contribution is 9.10. The van der Waals surface area contributed by atoms with E-state index in [1.165, 1.54) is 4.68 Å². The lowest BCUT2D eigenvalue weighted by molar-refractivity contribution is -0.133. The predicted molar refractivity (Wildman–Crippen MR) is 141 cm³/mol. The fourth-order valence-corrected chi connectivity index (χ4v) is 4.36. The summed E-state index contributed by atoms with van der Waals surface area (Å²) < 4.78 is 2.98. The second-order valence-corrected chi connectivity index (χ2v) is 9.59. The van der Waals surface area contributed by atoms with Gasteiger partial charge < -0.3 is 10.6 Å². The molecule has 7 nitrogen and oxygen atoms in total. The maximum absolute atomic E-state index is 13.2. The van der Waals surface area contributed by atoms with Crippen LogP contribution in [-0.2, 0) is 9.59 Å². The molecule has 0 unspecified atom stereocenters. The highest BCUT2D eigenvalue weighted by Gasteiger charge is 2.22. The van der Waals surface area contributed by atoms with Crippen LogP contribution in [0.2, 0.25) is 5.02 Å². The molecule has 1 heterocycles. The number of nitrogens with one attached hydrogen (secondary N) is 3. The van der Waals surface area contributed by atoms with Crippen LogP contribution in [0.25, 0.3) is 10.9 Å². The summed E-state index contributed by atoms with van der Waals surface area (Å²) in [4.78, 5) is 38.4. The van der Waals surface area contributed by atoms with Crippen molar-refractivity contribution in [1.29, 1.82) is 0 Å². The molecule has 0 fully saturated rings. The molecule has 34 heavy (non-hydrogen) atoms. The van der Waals surface area contributed by atoms with E-state index in [9.17, 15) is 14.4 Å². The van der Waals surface area contributed by atoms with Crippen LogP contribution in [0.15, 0.2) is 75.7 Å². The topological polar surface area (TPSA) is 92.2 Å². The van der Waals surface area contributed by atoms with Crippen molar-refractivity contribution in [3.05, 3.63) is 92.0 Å². The van der Waals surface area contributed by atoms with Gasteiger partial charge in [0, 0.05) is 20.0 Å². The van der Waals surface area contributed by atoms with Gasteiger partial charge in [-0.25, -0.2) is 4.68 Å². The third-order valence-corrected chi connectivity index (χ3v) is 6.29. The molecular formula is C24H17Br2ClN4O3. The third kappa shape index (κ3) is 5.16. The van der Waals surface area contributed by atoms with Gasteiger partial charge in [-0.05, 0) is 67.1 Å². The molecule has 4 aromatic rings. The summed E-state index contributed by atoms with van der Waals surface area (Å²) in [6.07, 6.45) is 0. The number of hydrogen-bond acceptors (Lipinski definition) is 3. The Morgan fingerprint density at radius 1 is 0.824 bits per heavy atom. The number of aryl methyl sites for hydroxylation is 1. The Kier molecular flexibility index (Phi) is 7.06. The number of benzene rings is 3. The van der Waals surface area contributed by atoms with Crippen LogP contribution in [0, 0.1) is 6.92 Å². The largest absolute Gasteiger partial charge is 0.328 e. The number of para-hydroxylation sites is 1. The molecule has 0 atom stereocenters. The van der Waals surface area contributed by atoms with E-state index in [0.717, 1.165) is 14.5 Å². The summed E-state index contributed by atoms with van der Waals surface area (Å²) in [7, 11) is 0. The first-order valence-corrected chi connectivity index (χ1v) is 11.9. The molecule has 172 valence electrons. The Morgan fingerprint density at radius 3 is 2.26 bits per heavy atom. The molecule has 3 amide bonds. The number of carbonyl (C=O) groups is 3. The van der Waals surface area contributed by atoms with Gasteiger partial charge in [-0.1, -0.05) is 55.6 Å². The second-order valence-electron chi connectivity index (χ2n) is 7.36. The molecule has 0 aliphatic carbocycles. The summed E-state index contributed by atoms with van der Waals surface area (Å²) in [6, 6.07) is 19.0. The first-order valence-electron chi connectivity index (χ1n) is 9.98. The minimum Gasteiger partial charge on any atom is -0.320 e. The van der Waals surface area contributed by atoms with Crippen LogP contribution >= 0.6 is 43.5 Å². The fourth-order valence-electron chi connectivity index (χ4n) is 3.32. The van der Waals surface area contributed by atoms with Gasteiger partial charge in [0.2, 0.25) is 0 Å². The van der Waals surface area contributed by atoms with Crippen LogP contribution in [0.5, 0.6) is 0 Å². The third-order valence-electron chi connectivity index (χ3n) is 4.97. The Balaban J connectivity index is 1.65. The number of halogens is 3. The summed E-state index contributed by atoms with van der Waals surface area (Å²) in [5.41, 5.74) is 4.99. The SMILES string of the molecule is Cc1cc(Br)ccc1NC(=O)c1cc2cc(Br)ccc2n1NC(=O)C(=O)Nc1ccccc1Cl. The van der Waals surface area contributed by atoms with Gasteiger partial charge in [-0.2, -0.15) is 0 Å². The lowest BCUT2D eigenvalue weighted by Gasteiger charge is -2.14. The Morgan fingerprint density at radius 2 is 1.53 bits per heavy atom. The second kappa shape index (κ2) is 10.0. The zero-order valence-electron chi connectivity index (χ0n) is 17.7. The number of hydrogen-bond donors (Lipinski definition) is 3. The van der Waals surface area contributed by atoms with Crippen molar-refractivity contribution >= 4 is 83.5 Å². The predicted octanol–water partition coefficient (Wildman–Crippen LogP) is 6.09. The molecule has 3 aromatic carbocycles. The monoisotopic (exact) mass is 602 g/mol. The van der Waals surface area contributed by atoms with Crippen molar-refractivity contribution in [1.82, 2.24) is 4.68 Å². The summed E-state index contributed by atoms with van der Waals surface area (Å²) in [6.45, 7) is 1.87. The van der Waals surface area contributed by atoms with Gasteiger partial charge >= 0.3 is 11.8 Å². The van der Waals surface area contributed by atoms with E-state index >= 15 is 0 Å². The normalized spacial score (nSPS) is 10.7. The minimum atomic E-state index is -0.964. The van der Waals surface area contributed by atoms with Gasteiger partial charge in [0.15, 0.2) is 0 Å². The Hall–Kier alpha value is -3.14. The van der Waals surface area contributed by atoms with E-state index in [1.807, 2.05) is 25.1 Å². The van der Waals surface area contributed by atoms with Crippen molar-refractivity contribution in [3.8, 4) is 0 Å². The molecule has 0 bridgehead atoms. The van der Waals surface area contributed by atoms with Crippen LogP contribution in [0.3, 0.4) is 0 Å². The van der Waals surface area contributed by atoms with E-state index < -0.39 is 17.7 Å². The Bertz CT molecular complexity index is 1450. The van der Waals surface area contributed by atoms with E-state index in [2.05, 4.69) is 47.9 Å². The number of carbonyl (C=O) groups excluding carboxylic acids is 3. The number of amides is 3. The Labute approximate surface area is 216 Å². The molecule has 3 N–H and O–H groups in total. The van der Waals surface area contributed by atoms with E-state index in [4.69, 9.17) is 11.6 Å². The fraction of sp³-hybridized carbons (Fsp3) is 0.0417. The van der Waals surface area contributed by atoms with Gasteiger partial charge in [-0.3, -0.25) is 19.8 Å². The number of fused-ring (bicyclic) bond motifs is 1. The van der Waals surface area contributed by atoms with E-state index in [0.29, 0.717) is 27.3 Å². The number of aromatic nitrogens is 1. The lowest BCUT2D eigenvalue weighted by Crippen LogP contribution is -2.36. The summed E-state index contributed by atoms with van der Waals surface area (Å²) >= 11 is 12.9. The molecule has 0 aliphatic heterocycles. The van der Waals surface area contributed by atoms with Crippen molar-refractivity contribution in [2.45, 2.75) is 6.92 Å². The number of anilines is 2. The average Bonchev–Trinajstić information content (AvgIpc) is 3.14. The van der Waals surface area contributed by atoms with Gasteiger partial charge in [0.1, 0.15) is 5.69 Å². The van der Waals surface area contributed by atoms with Crippen molar-refractivity contribution in [2.24, 2.45) is 0 Å². The van der Waals surface area contributed by atoms with Crippen LogP contribution < -0.4 is 16.1 Å². The maximum Gasteiger partial charge on any atom is 0.328 e. The standard InChI is InChI=1S/C24H17Br2ClN4O3/c1-13-10-15(25)6-8-18(13)28-22(32)21-12-14-11-16(26)7-9-20(14)31(21)30-24(34)23(33)29-19-5-3-2-4-17(19)27/h2-12H,1H3,(H,28,32)(H,29,33)(H,30,34). The quantitative estimate of drug-likeness (QED) is 0.246. The molecule has 0 saturated carbocycles. The molecular weight excluding hydrogens is 588 g/mol. The highest BCUT2D eigenvalue weighted by atomic mass is 79.9. The molecule has 0 radical (unpaired) electrons. The van der Waals surface area contributed by atoms with Crippen molar-refractivity contribution in [2.75, 3.05) is 16.1 Å². The molecule has 0 saturated heterocycles. The molecule has 0 spiro atoms. The van der Waals surface area contributed by atoms with Gasteiger partial charge in [0.05, 0.1) is 16.2 Å². The number of rotatable bonds is 4. The zero-order valence-corrected chi connectivity index (χ0v) is 21.6.